The molecular formula is C14H24N2. The first kappa shape index (κ1) is 13.2. The maximum absolute atomic E-state index is 4.44. The molecule has 0 saturated carbocycles. The van der Waals surface area contributed by atoms with Gasteiger partial charge >= 0.3 is 0 Å². The zero-order chi connectivity index (χ0) is 11.8. The zero-order valence-corrected chi connectivity index (χ0v) is 10.8. The first-order valence-corrected chi connectivity index (χ1v) is 6.44. The molecule has 0 aliphatic carbocycles. The minimum absolute atomic E-state index is 0.590. The lowest BCUT2D eigenvalue weighted by molar-refractivity contribution is 0.490. The van der Waals surface area contributed by atoms with Gasteiger partial charge in [-0.3, -0.25) is 4.98 Å². The Labute approximate surface area is 99.5 Å². The van der Waals surface area contributed by atoms with Crippen LogP contribution in [0.15, 0.2) is 18.3 Å². The molecule has 1 aromatic heterocycles. The number of nitrogens with zero attached hydrogens (tertiary/aromatic N) is 1. The van der Waals surface area contributed by atoms with Crippen LogP contribution < -0.4 is 5.32 Å². The van der Waals surface area contributed by atoms with Crippen LogP contribution in [0.3, 0.4) is 0 Å². The molecule has 0 radical (unpaired) electrons. The Morgan fingerprint density at radius 2 is 2.19 bits per heavy atom. The fraction of sp³-hybridized carbons (Fsp3) is 0.643. The lowest BCUT2D eigenvalue weighted by Gasteiger charge is -2.14. The molecule has 2 nitrogen and oxygen atoms in total. The van der Waals surface area contributed by atoms with Crippen LogP contribution in [0.25, 0.3) is 0 Å². The average molecular weight is 220 g/mol. The van der Waals surface area contributed by atoms with E-state index in [1.54, 1.807) is 0 Å². The van der Waals surface area contributed by atoms with Gasteiger partial charge in [0, 0.05) is 18.8 Å². The SMILES string of the molecule is CCCCC(C)NCc1ncccc1CC. The molecule has 0 bridgehead atoms. The second kappa shape index (κ2) is 7.39. The van der Waals surface area contributed by atoms with Gasteiger partial charge in [-0.2, -0.15) is 0 Å². The normalized spacial score (nSPS) is 12.7. The van der Waals surface area contributed by atoms with E-state index in [1.807, 2.05) is 12.3 Å². The summed E-state index contributed by atoms with van der Waals surface area (Å²) in [6.45, 7) is 7.57. The third-order valence-corrected chi connectivity index (χ3v) is 2.97. The lowest BCUT2D eigenvalue weighted by atomic mass is 10.1. The van der Waals surface area contributed by atoms with Crippen molar-refractivity contribution in [2.45, 2.75) is 59.0 Å². The third kappa shape index (κ3) is 4.31. The minimum Gasteiger partial charge on any atom is -0.309 e. The molecule has 1 atom stereocenters. The fourth-order valence-corrected chi connectivity index (χ4v) is 1.84. The molecule has 0 aromatic carbocycles. The van der Waals surface area contributed by atoms with Crippen molar-refractivity contribution in [1.82, 2.24) is 10.3 Å². The van der Waals surface area contributed by atoms with Gasteiger partial charge in [0.25, 0.3) is 0 Å². The van der Waals surface area contributed by atoms with Crippen LogP contribution in [-0.2, 0) is 13.0 Å². The fourth-order valence-electron chi connectivity index (χ4n) is 1.84. The number of aryl methyl sites for hydroxylation is 1. The smallest absolute Gasteiger partial charge is 0.0573 e. The largest absolute Gasteiger partial charge is 0.309 e. The number of hydrogen-bond donors (Lipinski definition) is 1. The van der Waals surface area contributed by atoms with E-state index in [2.05, 4.69) is 37.1 Å². The predicted molar refractivity (Wildman–Crippen MR) is 69.4 cm³/mol. The summed E-state index contributed by atoms with van der Waals surface area (Å²) in [5.74, 6) is 0. The van der Waals surface area contributed by atoms with Crippen LogP contribution in [0.2, 0.25) is 0 Å². The topological polar surface area (TPSA) is 24.9 Å². The third-order valence-electron chi connectivity index (χ3n) is 2.97. The zero-order valence-electron chi connectivity index (χ0n) is 10.8. The summed E-state index contributed by atoms with van der Waals surface area (Å²) in [5.41, 5.74) is 2.56. The Balaban J connectivity index is 2.41. The molecule has 1 rings (SSSR count). The summed E-state index contributed by atoms with van der Waals surface area (Å²) in [6, 6.07) is 4.77. The van der Waals surface area contributed by atoms with Crippen molar-refractivity contribution in [2.24, 2.45) is 0 Å². The Bertz CT molecular complexity index is 297. The number of hydrogen-bond acceptors (Lipinski definition) is 2. The monoisotopic (exact) mass is 220 g/mol. The van der Waals surface area contributed by atoms with Gasteiger partial charge in [-0.1, -0.05) is 32.8 Å². The van der Waals surface area contributed by atoms with Gasteiger partial charge < -0.3 is 5.32 Å². The molecule has 0 saturated heterocycles. The Kier molecular flexibility index (Phi) is 6.09. The van der Waals surface area contributed by atoms with Crippen molar-refractivity contribution in [3.8, 4) is 0 Å². The van der Waals surface area contributed by atoms with Crippen LogP contribution >= 0.6 is 0 Å². The van der Waals surface area contributed by atoms with E-state index < -0.39 is 0 Å². The number of pyridine rings is 1. The van der Waals surface area contributed by atoms with Gasteiger partial charge in [-0.25, -0.2) is 0 Å². The van der Waals surface area contributed by atoms with E-state index in [-0.39, 0.29) is 0 Å². The standard InChI is InChI=1S/C14H24N2/c1-4-6-8-12(3)16-11-14-13(5-2)9-7-10-15-14/h7,9-10,12,16H,4-6,8,11H2,1-3H3. The van der Waals surface area contributed by atoms with Crippen molar-refractivity contribution in [2.75, 3.05) is 0 Å². The summed E-state index contributed by atoms with van der Waals surface area (Å²) < 4.78 is 0. The highest BCUT2D eigenvalue weighted by Gasteiger charge is 2.04. The summed E-state index contributed by atoms with van der Waals surface area (Å²) >= 11 is 0. The van der Waals surface area contributed by atoms with E-state index in [1.165, 1.54) is 30.5 Å². The van der Waals surface area contributed by atoms with E-state index in [0.717, 1.165) is 13.0 Å². The maximum Gasteiger partial charge on any atom is 0.0573 e. The summed E-state index contributed by atoms with van der Waals surface area (Å²) in [4.78, 5) is 4.44. The van der Waals surface area contributed by atoms with Crippen LogP contribution in [0, 0.1) is 0 Å². The van der Waals surface area contributed by atoms with E-state index in [0.29, 0.717) is 6.04 Å². The van der Waals surface area contributed by atoms with Crippen LogP contribution in [0.4, 0.5) is 0 Å². The molecule has 1 unspecified atom stereocenters. The predicted octanol–water partition coefficient (Wildman–Crippen LogP) is 3.31. The van der Waals surface area contributed by atoms with E-state index in [9.17, 15) is 0 Å². The van der Waals surface area contributed by atoms with Gasteiger partial charge in [0.1, 0.15) is 0 Å². The molecule has 1 aromatic rings. The second-order valence-corrected chi connectivity index (χ2v) is 4.39. The van der Waals surface area contributed by atoms with Crippen molar-refractivity contribution < 1.29 is 0 Å². The molecule has 16 heavy (non-hydrogen) atoms. The summed E-state index contributed by atoms with van der Waals surface area (Å²) in [5, 5.41) is 3.55. The van der Waals surface area contributed by atoms with E-state index >= 15 is 0 Å². The number of aromatic nitrogens is 1. The Morgan fingerprint density at radius 1 is 1.38 bits per heavy atom. The summed E-state index contributed by atoms with van der Waals surface area (Å²) in [6.07, 6.45) is 6.78. The lowest BCUT2D eigenvalue weighted by Crippen LogP contribution is -2.26. The van der Waals surface area contributed by atoms with Gasteiger partial charge in [0.05, 0.1) is 5.69 Å². The molecule has 1 N–H and O–H groups in total. The van der Waals surface area contributed by atoms with Crippen molar-refractivity contribution >= 4 is 0 Å². The van der Waals surface area contributed by atoms with Crippen LogP contribution in [-0.4, -0.2) is 11.0 Å². The van der Waals surface area contributed by atoms with Crippen molar-refractivity contribution in [3.05, 3.63) is 29.6 Å². The Hall–Kier alpha value is -0.890. The second-order valence-electron chi connectivity index (χ2n) is 4.39. The molecular weight excluding hydrogens is 196 g/mol. The van der Waals surface area contributed by atoms with Crippen LogP contribution in [0.5, 0.6) is 0 Å². The molecule has 90 valence electrons. The highest BCUT2D eigenvalue weighted by atomic mass is 14.9. The molecule has 0 spiro atoms. The van der Waals surface area contributed by atoms with Gasteiger partial charge in [-0.05, 0) is 31.4 Å². The molecule has 1 heterocycles. The Morgan fingerprint density at radius 3 is 2.88 bits per heavy atom. The number of rotatable bonds is 7. The quantitative estimate of drug-likeness (QED) is 0.762. The minimum atomic E-state index is 0.590. The van der Waals surface area contributed by atoms with Crippen LogP contribution in [0.1, 0.15) is 51.3 Å². The molecule has 0 aliphatic heterocycles. The van der Waals surface area contributed by atoms with Gasteiger partial charge in [0.2, 0.25) is 0 Å². The first-order chi connectivity index (χ1) is 7.77. The highest BCUT2D eigenvalue weighted by Crippen LogP contribution is 2.07. The maximum atomic E-state index is 4.44. The van der Waals surface area contributed by atoms with Crippen molar-refractivity contribution in [1.29, 1.82) is 0 Å². The highest BCUT2D eigenvalue weighted by molar-refractivity contribution is 5.19. The molecule has 2 heteroatoms. The average Bonchev–Trinajstić information content (AvgIpc) is 2.34. The molecule has 0 aliphatic rings. The summed E-state index contributed by atoms with van der Waals surface area (Å²) in [7, 11) is 0. The number of nitrogens with one attached hydrogen (secondary N) is 1. The molecule has 0 amide bonds. The van der Waals surface area contributed by atoms with Crippen molar-refractivity contribution in [3.63, 3.8) is 0 Å². The van der Waals surface area contributed by atoms with Gasteiger partial charge in [-0.15, -0.1) is 0 Å². The number of unbranched alkanes of at least 4 members (excludes halogenated alkanes) is 1. The first-order valence-electron chi connectivity index (χ1n) is 6.44. The van der Waals surface area contributed by atoms with Gasteiger partial charge in [0.15, 0.2) is 0 Å². The molecule has 0 fully saturated rings. The van der Waals surface area contributed by atoms with E-state index in [4.69, 9.17) is 0 Å².